The summed E-state index contributed by atoms with van der Waals surface area (Å²) < 4.78 is 10.8. The third-order valence-corrected chi connectivity index (χ3v) is 2.61. The molecule has 0 heterocycles. The summed E-state index contributed by atoms with van der Waals surface area (Å²) in [5.74, 6) is 0.885. The number of halogens is 1. The van der Waals surface area contributed by atoms with E-state index in [2.05, 4.69) is 5.32 Å². The van der Waals surface area contributed by atoms with Crippen LogP contribution in [0.4, 0.5) is 0 Å². The predicted octanol–water partition coefficient (Wildman–Crippen LogP) is 2.65. The molecule has 1 N–H and O–H groups in total. The Bertz CT molecular complexity index is 344. The first kappa shape index (κ1) is 14.3. The molecule has 0 fully saturated rings. The Balaban J connectivity index is 2.37. The second-order valence-electron chi connectivity index (χ2n) is 4.04. The summed E-state index contributed by atoms with van der Waals surface area (Å²) in [7, 11) is 1.69. The molecule has 17 heavy (non-hydrogen) atoms. The van der Waals surface area contributed by atoms with E-state index >= 15 is 0 Å². The smallest absolute Gasteiger partial charge is 0.122 e. The summed E-state index contributed by atoms with van der Waals surface area (Å²) in [4.78, 5) is 0. The van der Waals surface area contributed by atoms with E-state index in [1.54, 1.807) is 7.11 Å². The fraction of sp³-hybridized carbons (Fsp3) is 0.538. The lowest BCUT2D eigenvalue weighted by Gasteiger charge is -2.17. The van der Waals surface area contributed by atoms with E-state index in [-0.39, 0.29) is 6.10 Å². The van der Waals surface area contributed by atoms with Crippen LogP contribution in [0.25, 0.3) is 0 Å². The molecule has 3 nitrogen and oxygen atoms in total. The van der Waals surface area contributed by atoms with Gasteiger partial charge in [-0.1, -0.05) is 11.6 Å². The van der Waals surface area contributed by atoms with E-state index in [0.29, 0.717) is 6.61 Å². The standard InChI is InChI=1S/C13H20ClNO2/c1-10-8-12(14)4-5-13(10)17-11(2)9-15-6-7-16-3/h4-5,8,11,15H,6-7,9H2,1-3H3. The highest BCUT2D eigenvalue weighted by Crippen LogP contribution is 2.22. The van der Waals surface area contributed by atoms with Gasteiger partial charge in [-0.3, -0.25) is 0 Å². The highest BCUT2D eigenvalue weighted by Gasteiger charge is 2.06. The molecule has 0 amide bonds. The molecule has 0 aromatic heterocycles. The fourth-order valence-electron chi connectivity index (χ4n) is 1.48. The number of nitrogens with one attached hydrogen (secondary N) is 1. The van der Waals surface area contributed by atoms with Crippen molar-refractivity contribution in [1.29, 1.82) is 0 Å². The SMILES string of the molecule is COCCNCC(C)Oc1ccc(Cl)cc1C. The van der Waals surface area contributed by atoms with Crippen molar-refractivity contribution in [3.05, 3.63) is 28.8 Å². The molecule has 1 aromatic rings. The van der Waals surface area contributed by atoms with Crippen LogP contribution in [-0.4, -0.2) is 32.9 Å². The van der Waals surface area contributed by atoms with Crippen molar-refractivity contribution in [2.75, 3.05) is 26.8 Å². The largest absolute Gasteiger partial charge is 0.489 e. The van der Waals surface area contributed by atoms with Gasteiger partial charge in [0.1, 0.15) is 11.9 Å². The molecular formula is C13H20ClNO2. The third kappa shape index (κ3) is 5.39. The Kier molecular flexibility index (Phi) is 6.34. The van der Waals surface area contributed by atoms with Crippen LogP contribution in [0.5, 0.6) is 5.75 Å². The second kappa shape index (κ2) is 7.54. The molecule has 0 aliphatic heterocycles. The van der Waals surface area contributed by atoms with E-state index < -0.39 is 0 Å². The molecule has 0 saturated carbocycles. The number of methoxy groups -OCH3 is 1. The van der Waals surface area contributed by atoms with E-state index in [4.69, 9.17) is 21.1 Å². The summed E-state index contributed by atoms with van der Waals surface area (Å²) >= 11 is 5.89. The average molecular weight is 258 g/mol. The minimum atomic E-state index is 0.117. The summed E-state index contributed by atoms with van der Waals surface area (Å²) in [5.41, 5.74) is 1.06. The summed E-state index contributed by atoms with van der Waals surface area (Å²) in [5, 5.41) is 4.00. The first-order chi connectivity index (χ1) is 8.13. The monoisotopic (exact) mass is 257 g/mol. The zero-order valence-corrected chi connectivity index (χ0v) is 11.4. The van der Waals surface area contributed by atoms with Gasteiger partial charge in [-0.05, 0) is 37.6 Å². The van der Waals surface area contributed by atoms with Gasteiger partial charge in [0.05, 0.1) is 6.61 Å². The quantitative estimate of drug-likeness (QED) is 0.762. The highest BCUT2D eigenvalue weighted by molar-refractivity contribution is 6.30. The van der Waals surface area contributed by atoms with Crippen LogP contribution in [-0.2, 0) is 4.74 Å². The van der Waals surface area contributed by atoms with Crippen molar-refractivity contribution in [3.63, 3.8) is 0 Å². The molecule has 1 atom stereocenters. The molecule has 1 unspecified atom stereocenters. The minimum absolute atomic E-state index is 0.117. The van der Waals surface area contributed by atoms with E-state index in [1.165, 1.54) is 0 Å². The van der Waals surface area contributed by atoms with Crippen LogP contribution in [0, 0.1) is 6.92 Å². The number of rotatable bonds is 7. The summed E-state index contributed by atoms with van der Waals surface area (Å²) in [6.07, 6.45) is 0.117. The van der Waals surface area contributed by atoms with Crippen molar-refractivity contribution < 1.29 is 9.47 Å². The highest BCUT2D eigenvalue weighted by atomic mass is 35.5. The van der Waals surface area contributed by atoms with Crippen LogP contribution in [0.1, 0.15) is 12.5 Å². The molecule has 1 rings (SSSR count). The lowest BCUT2D eigenvalue weighted by molar-refractivity contribution is 0.184. The van der Waals surface area contributed by atoms with Gasteiger partial charge in [-0.2, -0.15) is 0 Å². The molecule has 0 spiro atoms. The fourth-order valence-corrected chi connectivity index (χ4v) is 1.71. The normalized spacial score (nSPS) is 12.5. The molecule has 0 aliphatic carbocycles. The molecule has 4 heteroatoms. The van der Waals surface area contributed by atoms with Crippen LogP contribution < -0.4 is 10.1 Å². The molecule has 1 aromatic carbocycles. The van der Waals surface area contributed by atoms with Crippen molar-refractivity contribution in [2.24, 2.45) is 0 Å². The van der Waals surface area contributed by atoms with Gasteiger partial charge in [0, 0.05) is 25.2 Å². The lowest BCUT2D eigenvalue weighted by Crippen LogP contribution is -2.31. The zero-order chi connectivity index (χ0) is 12.7. The van der Waals surface area contributed by atoms with Crippen molar-refractivity contribution in [3.8, 4) is 5.75 Å². The van der Waals surface area contributed by atoms with Crippen molar-refractivity contribution in [1.82, 2.24) is 5.32 Å². The van der Waals surface area contributed by atoms with E-state index in [1.807, 2.05) is 32.0 Å². The minimum Gasteiger partial charge on any atom is -0.489 e. The average Bonchev–Trinajstić information content (AvgIpc) is 2.28. The van der Waals surface area contributed by atoms with Gasteiger partial charge in [0.25, 0.3) is 0 Å². The summed E-state index contributed by atoms with van der Waals surface area (Å²) in [6, 6.07) is 5.65. The second-order valence-corrected chi connectivity index (χ2v) is 4.47. The Morgan fingerprint density at radius 2 is 2.18 bits per heavy atom. The molecule has 96 valence electrons. The van der Waals surface area contributed by atoms with E-state index in [9.17, 15) is 0 Å². The van der Waals surface area contributed by atoms with Gasteiger partial charge < -0.3 is 14.8 Å². The van der Waals surface area contributed by atoms with Gasteiger partial charge in [0.15, 0.2) is 0 Å². The molecule has 0 saturated heterocycles. The number of ether oxygens (including phenoxy) is 2. The van der Waals surface area contributed by atoms with Gasteiger partial charge in [-0.15, -0.1) is 0 Å². The molecule has 0 radical (unpaired) electrons. The Morgan fingerprint density at radius 3 is 2.82 bits per heavy atom. The zero-order valence-electron chi connectivity index (χ0n) is 10.6. The maximum atomic E-state index is 5.89. The first-order valence-corrected chi connectivity index (χ1v) is 6.13. The number of hydrogen-bond donors (Lipinski definition) is 1. The van der Waals surface area contributed by atoms with Crippen LogP contribution in [0.3, 0.4) is 0 Å². The number of hydrogen-bond acceptors (Lipinski definition) is 3. The van der Waals surface area contributed by atoms with Gasteiger partial charge in [0.2, 0.25) is 0 Å². The molecular weight excluding hydrogens is 238 g/mol. The Labute approximate surface area is 108 Å². The predicted molar refractivity (Wildman–Crippen MR) is 71.0 cm³/mol. The topological polar surface area (TPSA) is 30.5 Å². The Morgan fingerprint density at radius 1 is 1.41 bits per heavy atom. The van der Waals surface area contributed by atoms with Gasteiger partial charge >= 0.3 is 0 Å². The first-order valence-electron chi connectivity index (χ1n) is 5.76. The molecule has 0 aliphatic rings. The maximum absolute atomic E-state index is 5.89. The van der Waals surface area contributed by atoms with Crippen LogP contribution in [0.2, 0.25) is 5.02 Å². The third-order valence-electron chi connectivity index (χ3n) is 2.38. The molecule has 0 bridgehead atoms. The van der Waals surface area contributed by atoms with Crippen LogP contribution >= 0.6 is 11.6 Å². The van der Waals surface area contributed by atoms with Crippen molar-refractivity contribution >= 4 is 11.6 Å². The van der Waals surface area contributed by atoms with E-state index in [0.717, 1.165) is 29.4 Å². The number of aryl methyl sites for hydroxylation is 1. The lowest BCUT2D eigenvalue weighted by atomic mass is 10.2. The van der Waals surface area contributed by atoms with Crippen molar-refractivity contribution in [2.45, 2.75) is 20.0 Å². The van der Waals surface area contributed by atoms with Gasteiger partial charge in [-0.25, -0.2) is 0 Å². The maximum Gasteiger partial charge on any atom is 0.122 e. The Hall–Kier alpha value is -0.770. The number of benzene rings is 1. The van der Waals surface area contributed by atoms with Crippen LogP contribution in [0.15, 0.2) is 18.2 Å². The summed E-state index contributed by atoms with van der Waals surface area (Å²) in [6.45, 7) is 6.38.